The maximum atomic E-state index is 9.38. The fourth-order valence-electron chi connectivity index (χ4n) is 0.866. The highest BCUT2D eigenvalue weighted by atomic mass is 16.3. The number of benzene rings is 1. The average molecular weight is 150 g/mol. The Hall–Kier alpha value is -1.51. The van der Waals surface area contributed by atoms with Crippen LogP contribution in [0.4, 0.5) is 0 Å². The second-order valence-electron chi connectivity index (χ2n) is 2.29. The first-order chi connectivity index (χ1) is 5.25. The summed E-state index contributed by atoms with van der Waals surface area (Å²) in [4.78, 5) is 0. The van der Waals surface area contributed by atoms with Gasteiger partial charge in [0.1, 0.15) is 5.75 Å². The van der Waals surface area contributed by atoms with Crippen LogP contribution in [0.15, 0.2) is 23.3 Å². The van der Waals surface area contributed by atoms with Crippen molar-refractivity contribution >= 4 is 6.21 Å². The first kappa shape index (κ1) is 7.60. The third kappa shape index (κ3) is 1.49. The van der Waals surface area contributed by atoms with Gasteiger partial charge in [-0.3, -0.25) is 0 Å². The summed E-state index contributed by atoms with van der Waals surface area (Å²) in [5.74, 6) is 5.18. The van der Waals surface area contributed by atoms with Crippen molar-refractivity contribution in [2.75, 3.05) is 0 Å². The topological polar surface area (TPSA) is 58.6 Å². The first-order valence-electron chi connectivity index (χ1n) is 3.27. The van der Waals surface area contributed by atoms with E-state index in [1.165, 1.54) is 6.21 Å². The van der Waals surface area contributed by atoms with Crippen LogP contribution in [0.25, 0.3) is 0 Å². The van der Waals surface area contributed by atoms with Crippen molar-refractivity contribution in [3.05, 3.63) is 29.3 Å². The van der Waals surface area contributed by atoms with E-state index >= 15 is 0 Å². The summed E-state index contributed by atoms with van der Waals surface area (Å²) in [5, 5.41) is 12.7. The van der Waals surface area contributed by atoms with E-state index in [-0.39, 0.29) is 5.75 Å². The van der Waals surface area contributed by atoms with Crippen molar-refractivity contribution < 1.29 is 5.11 Å². The van der Waals surface area contributed by atoms with Gasteiger partial charge in [0.2, 0.25) is 0 Å². The maximum absolute atomic E-state index is 9.38. The highest BCUT2D eigenvalue weighted by Crippen LogP contribution is 2.18. The maximum Gasteiger partial charge on any atom is 0.127 e. The Morgan fingerprint density at radius 2 is 2.27 bits per heavy atom. The lowest BCUT2D eigenvalue weighted by Gasteiger charge is -2.00. The highest BCUT2D eigenvalue weighted by Gasteiger charge is 1.98. The zero-order valence-corrected chi connectivity index (χ0v) is 6.28. The molecule has 0 aliphatic heterocycles. The second-order valence-corrected chi connectivity index (χ2v) is 2.29. The predicted molar refractivity (Wildman–Crippen MR) is 44.6 cm³/mol. The van der Waals surface area contributed by atoms with Crippen LogP contribution in [0.3, 0.4) is 0 Å². The van der Waals surface area contributed by atoms with Crippen molar-refractivity contribution in [3.8, 4) is 5.75 Å². The molecule has 0 aliphatic rings. The van der Waals surface area contributed by atoms with Gasteiger partial charge in [-0.05, 0) is 18.6 Å². The lowest BCUT2D eigenvalue weighted by Crippen LogP contribution is -1.88. The van der Waals surface area contributed by atoms with E-state index in [0.717, 1.165) is 5.56 Å². The molecule has 0 heterocycles. The molecule has 0 radical (unpaired) electrons. The van der Waals surface area contributed by atoms with Crippen molar-refractivity contribution in [1.29, 1.82) is 0 Å². The third-order valence-corrected chi connectivity index (χ3v) is 1.48. The number of hydrogen-bond acceptors (Lipinski definition) is 3. The summed E-state index contributed by atoms with van der Waals surface area (Å²) in [6.07, 6.45) is 1.42. The molecular formula is C8H10N2O. The standard InChI is InChI=1S/C8H10N2O/c1-6-3-2-4-7(5-10-9)8(6)11/h2-5,11H,9H2,1H3. The monoisotopic (exact) mass is 150 g/mol. The molecule has 1 aromatic carbocycles. The number of nitrogens with two attached hydrogens (primary N) is 1. The number of aromatic hydroxyl groups is 1. The van der Waals surface area contributed by atoms with Crippen molar-refractivity contribution in [2.24, 2.45) is 10.9 Å². The third-order valence-electron chi connectivity index (χ3n) is 1.48. The fraction of sp³-hybridized carbons (Fsp3) is 0.125. The SMILES string of the molecule is Cc1cccc(C=NN)c1O. The Balaban J connectivity index is 3.16. The predicted octanol–water partition coefficient (Wildman–Crippen LogP) is 0.993. The lowest BCUT2D eigenvalue weighted by atomic mass is 10.1. The summed E-state index contributed by atoms with van der Waals surface area (Å²) >= 11 is 0. The van der Waals surface area contributed by atoms with Gasteiger partial charge in [-0.1, -0.05) is 12.1 Å². The largest absolute Gasteiger partial charge is 0.507 e. The van der Waals surface area contributed by atoms with E-state index in [1.807, 2.05) is 19.1 Å². The molecule has 0 aliphatic carbocycles. The summed E-state index contributed by atoms with van der Waals surface area (Å²) in [7, 11) is 0. The van der Waals surface area contributed by atoms with E-state index in [0.29, 0.717) is 5.56 Å². The van der Waals surface area contributed by atoms with E-state index < -0.39 is 0 Å². The number of hydrazone groups is 1. The summed E-state index contributed by atoms with van der Waals surface area (Å²) in [6.45, 7) is 1.82. The molecule has 58 valence electrons. The number of nitrogens with zero attached hydrogens (tertiary/aromatic N) is 1. The second kappa shape index (κ2) is 3.05. The van der Waals surface area contributed by atoms with Gasteiger partial charge in [0.15, 0.2) is 0 Å². The molecule has 0 amide bonds. The molecule has 1 rings (SSSR count). The van der Waals surface area contributed by atoms with Crippen LogP contribution in [-0.2, 0) is 0 Å². The summed E-state index contributed by atoms with van der Waals surface area (Å²) in [5.41, 5.74) is 1.47. The van der Waals surface area contributed by atoms with E-state index in [1.54, 1.807) is 6.07 Å². The Kier molecular flexibility index (Phi) is 2.11. The van der Waals surface area contributed by atoms with Crippen LogP contribution in [0.1, 0.15) is 11.1 Å². The van der Waals surface area contributed by atoms with Gasteiger partial charge in [0.05, 0.1) is 6.21 Å². The van der Waals surface area contributed by atoms with Gasteiger partial charge in [-0.15, -0.1) is 0 Å². The van der Waals surface area contributed by atoms with Crippen LogP contribution in [0.5, 0.6) is 5.75 Å². The van der Waals surface area contributed by atoms with E-state index in [4.69, 9.17) is 5.84 Å². The van der Waals surface area contributed by atoms with Gasteiger partial charge in [0.25, 0.3) is 0 Å². The van der Waals surface area contributed by atoms with Gasteiger partial charge >= 0.3 is 0 Å². The minimum atomic E-state index is 0.238. The molecule has 1 aromatic rings. The molecule has 11 heavy (non-hydrogen) atoms. The molecule has 0 bridgehead atoms. The summed E-state index contributed by atoms with van der Waals surface area (Å²) < 4.78 is 0. The van der Waals surface area contributed by atoms with Crippen LogP contribution in [0.2, 0.25) is 0 Å². The molecule has 3 N–H and O–H groups in total. The van der Waals surface area contributed by atoms with Crippen LogP contribution >= 0.6 is 0 Å². The highest BCUT2D eigenvalue weighted by molar-refractivity contribution is 5.83. The van der Waals surface area contributed by atoms with E-state index in [2.05, 4.69) is 5.10 Å². The molecular weight excluding hydrogens is 140 g/mol. The fourth-order valence-corrected chi connectivity index (χ4v) is 0.866. The molecule has 3 nitrogen and oxygen atoms in total. The normalized spacial score (nSPS) is 10.6. The summed E-state index contributed by atoms with van der Waals surface area (Å²) in [6, 6.07) is 5.41. The van der Waals surface area contributed by atoms with Crippen LogP contribution < -0.4 is 5.84 Å². The Morgan fingerprint density at radius 3 is 2.91 bits per heavy atom. The smallest absolute Gasteiger partial charge is 0.127 e. The molecule has 0 saturated carbocycles. The minimum absolute atomic E-state index is 0.238. The molecule has 0 saturated heterocycles. The van der Waals surface area contributed by atoms with Crippen molar-refractivity contribution in [2.45, 2.75) is 6.92 Å². The van der Waals surface area contributed by atoms with Gasteiger partial charge in [-0.25, -0.2) is 0 Å². The van der Waals surface area contributed by atoms with Gasteiger partial charge in [0, 0.05) is 5.56 Å². The average Bonchev–Trinajstić information content (AvgIpc) is 1.99. The minimum Gasteiger partial charge on any atom is -0.507 e. The number of rotatable bonds is 1. The van der Waals surface area contributed by atoms with Gasteiger partial charge < -0.3 is 10.9 Å². The van der Waals surface area contributed by atoms with Crippen molar-refractivity contribution in [3.63, 3.8) is 0 Å². The molecule has 3 heteroatoms. The zero-order chi connectivity index (χ0) is 8.27. The van der Waals surface area contributed by atoms with E-state index in [9.17, 15) is 5.11 Å². The number of phenolic OH excluding ortho intramolecular Hbond substituents is 1. The number of phenols is 1. The number of hydrogen-bond donors (Lipinski definition) is 2. The van der Waals surface area contributed by atoms with Crippen LogP contribution in [0, 0.1) is 6.92 Å². The Bertz CT molecular complexity index is 281. The first-order valence-corrected chi connectivity index (χ1v) is 3.27. The molecule has 0 atom stereocenters. The molecule has 0 aromatic heterocycles. The van der Waals surface area contributed by atoms with Crippen molar-refractivity contribution in [1.82, 2.24) is 0 Å². The molecule has 0 spiro atoms. The van der Waals surface area contributed by atoms with Gasteiger partial charge in [-0.2, -0.15) is 5.10 Å². The lowest BCUT2D eigenvalue weighted by molar-refractivity contribution is 0.470. The number of aryl methyl sites for hydroxylation is 1. The Morgan fingerprint density at radius 1 is 1.55 bits per heavy atom. The van der Waals surface area contributed by atoms with Crippen LogP contribution in [-0.4, -0.2) is 11.3 Å². The molecule has 0 unspecified atom stereocenters. The number of para-hydroxylation sites is 1. The Labute approximate surface area is 65.2 Å². The molecule has 0 fully saturated rings. The quantitative estimate of drug-likeness (QED) is 0.356. The zero-order valence-electron chi connectivity index (χ0n) is 6.28.